The van der Waals surface area contributed by atoms with Crippen molar-refractivity contribution in [2.75, 3.05) is 27.2 Å². The third kappa shape index (κ3) is 10.6. The smallest absolute Gasteiger partial charge is 0.308 e. The van der Waals surface area contributed by atoms with E-state index in [9.17, 15) is 24.9 Å². The first-order chi connectivity index (χ1) is 27.4. The van der Waals surface area contributed by atoms with E-state index in [0.29, 0.717) is 32.4 Å². The number of fused-ring (bicyclic) bond motifs is 2. The molecule has 57 heavy (non-hydrogen) atoms. The van der Waals surface area contributed by atoms with E-state index in [1.807, 2.05) is 76.3 Å². The maximum absolute atomic E-state index is 13.6. The molecule has 2 aromatic heterocycles. The van der Waals surface area contributed by atoms with E-state index in [2.05, 4.69) is 20.6 Å². The average Bonchev–Trinajstić information content (AvgIpc) is 3.80. The standard InChI is InChI=1S/C42H58N6O9/c1-7-35-29(23-49)16-24(2)12-13-33(50)25(3)17-28(14-15-43-20-30-22-48(46-45-30)31-18-27-10-8-9-11-32(27)44-21-31)39(26(4)34(51)19-36(52)54-35)55-41-38(53)37(47(5)6)40-42(56-40)57-41/h8-13,16,18,21-22,25-26,28-29,34-35,37-43,49,51,53H,7,14-15,17,19-20,23H2,1-6H3/b13-12+,24-16+/t25-,26+,28+,29-,34-,35-,37?,38?,39-,40+,41-,42+/m1/s1. The fourth-order valence-corrected chi connectivity index (χ4v) is 8.06. The highest BCUT2D eigenvalue weighted by Crippen LogP contribution is 2.40. The number of hydrogen-bond donors (Lipinski definition) is 4. The second-order valence-corrected chi connectivity index (χ2v) is 16.0. The molecule has 2 saturated heterocycles. The molecular weight excluding hydrogens is 732 g/mol. The number of aliphatic hydroxyl groups is 3. The maximum Gasteiger partial charge on any atom is 0.308 e. The van der Waals surface area contributed by atoms with Crippen molar-refractivity contribution in [3.05, 3.63) is 72.2 Å². The lowest BCUT2D eigenvalue weighted by Gasteiger charge is -2.41. The van der Waals surface area contributed by atoms with Gasteiger partial charge in [0.2, 0.25) is 0 Å². The number of cyclic esters (lactones) is 1. The summed E-state index contributed by atoms with van der Waals surface area (Å²) in [7, 11) is 3.71. The molecule has 0 amide bonds. The average molecular weight is 791 g/mol. The molecule has 2 fully saturated rings. The van der Waals surface area contributed by atoms with E-state index in [1.165, 1.54) is 0 Å². The highest BCUT2D eigenvalue weighted by Gasteiger charge is 2.58. The number of epoxide rings is 1. The Hall–Kier alpha value is -3.93. The summed E-state index contributed by atoms with van der Waals surface area (Å²) in [4.78, 5) is 33.4. The molecule has 5 heterocycles. The number of benzene rings is 1. The van der Waals surface area contributed by atoms with Gasteiger partial charge >= 0.3 is 5.97 Å². The van der Waals surface area contributed by atoms with Crippen LogP contribution in [0.3, 0.4) is 0 Å². The molecule has 0 bridgehead atoms. The molecule has 15 heteroatoms. The number of esters is 1. The zero-order valence-corrected chi connectivity index (χ0v) is 33.7. The summed E-state index contributed by atoms with van der Waals surface area (Å²) >= 11 is 0. The van der Waals surface area contributed by atoms with E-state index in [-0.39, 0.29) is 36.9 Å². The van der Waals surface area contributed by atoms with Gasteiger partial charge < -0.3 is 44.5 Å². The first-order valence-corrected chi connectivity index (χ1v) is 20.0. The Morgan fingerprint density at radius 2 is 1.89 bits per heavy atom. The summed E-state index contributed by atoms with van der Waals surface area (Å²) in [6.07, 6.45) is 4.08. The van der Waals surface area contributed by atoms with Gasteiger partial charge in [-0.3, -0.25) is 14.6 Å². The van der Waals surface area contributed by atoms with Crippen LogP contribution in [0, 0.1) is 23.7 Å². The van der Waals surface area contributed by atoms with Gasteiger partial charge in [0.05, 0.1) is 60.6 Å². The third-order valence-electron chi connectivity index (χ3n) is 11.5. The van der Waals surface area contributed by atoms with Gasteiger partial charge in [-0.2, -0.15) is 0 Å². The van der Waals surface area contributed by atoms with E-state index < -0.39 is 60.7 Å². The number of carbonyl (C=O) groups excluding carboxylic acids is 2. The molecule has 1 aromatic carbocycles. The van der Waals surface area contributed by atoms with E-state index in [1.54, 1.807) is 36.0 Å². The Morgan fingerprint density at radius 3 is 2.65 bits per heavy atom. The van der Waals surface area contributed by atoms with Gasteiger partial charge in [0.15, 0.2) is 18.4 Å². The number of aromatic nitrogens is 4. The van der Waals surface area contributed by atoms with Crippen LogP contribution in [-0.2, 0) is 35.1 Å². The number of para-hydroxylation sites is 1. The zero-order chi connectivity index (χ0) is 40.8. The number of aliphatic hydroxyl groups excluding tert-OH is 3. The van der Waals surface area contributed by atoms with E-state index in [4.69, 9.17) is 18.9 Å². The van der Waals surface area contributed by atoms with Gasteiger partial charge in [0.1, 0.15) is 18.3 Å². The predicted octanol–water partition coefficient (Wildman–Crippen LogP) is 3.10. The van der Waals surface area contributed by atoms with Gasteiger partial charge in [-0.25, -0.2) is 4.68 Å². The number of hydrogen-bond acceptors (Lipinski definition) is 14. The number of allylic oxidation sites excluding steroid dienone is 3. The Bertz CT molecular complexity index is 1880. The van der Waals surface area contributed by atoms with Crippen LogP contribution >= 0.6 is 0 Å². The molecule has 0 radical (unpaired) electrons. The number of ether oxygens (including phenoxy) is 4. The fourth-order valence-electron chi connectivity index (χ4n) is 8.06. The first kappa shape index (κ1) is 42.7. The van der Waals surface area contributed by atoms with Crippen molar-refractivity contribution >= 4 is 22.7 Å². The van der Waals surface area contributed by atoms with Gasteiger partial charge in [-0.15, -0.1) is 5.10 Å². The molecule has 0 spiro atoms. The van der Waals surface area contributed by atoms with Crippen molar-refractivity contribution in [3.63, 3.8) is 0 Å². The second-order valence-electron chi connectivity index (χ2n) is 16.0. The van der Waals surface area contributed by atoms with Gasteiger partial charge in [-0.05, 0) is 71.0 Å². The minimum Gasteiger partial charge on any atom is -0.462 e. The monoisotopic (exact) mass is 790 g/mol. The Balaban J connectivity index is 1.24. The molecule has 310 valence electrons. The minimum absolute atomic E-state index is 0.0885. The van der Waals surface area contributed by atoms with Crippen LogP contribution in [0.2, 0.25) is 0 Å². The summed E-state index contributed by atoms with van der Waals surface area (Å²) < 4.78 is 26.0. The van der Waals surface area contributed by atoms with Crippen LogP contribution in [0.15, 0.2) is 66.5 Å². The van der Waals surface area contributed by atoms with Crippen LogP contribution < -0.4 is 5.32 Å². The minimum atomic E-state index is -1.20. The number of ketones is 1. The SMILES string of the molecule is CC[C@H]1OC(=O)C[C@@H](O)[C@H](C)[C@@H](O[C@@H]2O[C@@H]3O[C@H]3C(N(C)C)C2O)[C@@H](CCNCc2cn(-c3cnc4ccccc4c3)nn2)C[C@@H](C)C(=O)/C=C/C(C)=C/[C@@H]1CO. The van der Waals surface area contributed by atoms with Crippen LogP contribution in [0.1, 0.15) is 59.1 Å². The fraction of sp³-hybridized carbons (Fsp3) is 0.595. The van der Waals surface area contributed by atoms with Crippen molar-refractivity contribution < 1.29 is 43.9 Å². The zero-order valence-electron chi connectivity index (χ0n) is 33.7. The summed E-state index contributed by atoms with van der Waals surface area (Å²) in [6.45, 7) is 8.00. The van der Waals surface area contributed by atoms with Crippen LogP contribution in [-0.4, -0.2) is 128 Å². The lowest BCUT2D eigenvalue weighted by molar-refractivity contribution is -0.269. The first-order valence-electron chi connectivity index (χ1n) is 20.0. The van der Waals surface area contributed by atoms with Gasteiger partial charge in [0.25, 0.3) is 0 Å². The highest BCUT2D eigenvalue weighted by molar-refractivity contribution is 5.91. The quantitative estimate of drug-likeness (QED) is 0.126. The molecule has 12 atom stereocenters. The largest absolute Gasteiger partial charge is 0.462 e. The van der Waals surface area contributed by atoms with Crippen molar-refractivity contribution in [1.82, 2.24) is 30.2 Å². The normalized spacial score (nSPS) is 34.4. The Kier molecular flexibility index (Phi) is 14.4. The van der Waals surface area contributed by atoms with Gasteiger partial charge in [-0.1, -0.05) is 61.9 Å². The number of carbonyl (C=O) groups is 2. The summed E-state index contributed by atoms with van der Waals surface area (Å²) in [6, 6.07) is 9.48. The van der Waals surface area contributed by atoms with Gasteiger partial charge in [0, 0.05) is 29.7 Å². The predicted molar refractivity (Wildman–Crippen MR) is 211 cm³/mol. The number of nitrogens with zero attached hydrogens (tertiary/aromatic N) is 5. The van der Waals surface area contributed by atoms with E-state index in [0.717, 1.165) is 27.9 Å². The molecule has 3 aromatic rings. The molecule has 6 rings (SSSR count). The molecule has 0 aliphatic carbocycles. The third-order valence-corrected chi connectivity index (χ3v) is 11.5. The molecule has 2 unspecified atom stereocenters. The van der Waals surface area contributed by atoms with Crippen molar-refractivity contribution in [1.29, 1.82) is 0 Å². The van der Waals surface area contributed by atoms with Crippen molar-refractivity contribution in [2.45, 2.75) is 109 Å². The van der Waals surface area contributed by atoms with Crippen LogP contribution in [0.25, 0.3) is 16.6 Å². The molecule has 3 aliphatic heterocycles. The highest BCUT2D eigenvalue weighted by atomic mass is 16.8. The number of nitrogens with one attached hydrogen (secondary N) is 1. The molecule has 0 saturated carbocycles. The summed E-state index contributed by atoms with van der Waals surface area (Å²) in [5.41, 5.74) is 3.15. The lowest BCUT2D eigenvalue weighted by Crippen LogP contribution is -2.56. The maximum atomic E-state index is 13.6. The Labute approximate surface area is 334 Å². The molecule has 3 aliphatic rings. The number of likely N-dealkylation sites (N-methyl/N-ethyl adjacent to an activating group) is 1. The number of rotatable bonds is 11. The van der Waals surface area contributed by atoms with E-state index >= 15 is 0 Å². The topological polar surface area (TPSA) is 194 Å². The second kappa shape index (κ2) is 19.2. The summed E-state index contributed by atoms with van der Waals surface area (Å²) in [5.74, 6) is -2.63. The van der Waals surface area contributed by atoms with Crippen LogP contribution in [0.4, 0.5) is 0 Å². The Morgan fingerprint density at radius 1 is 1.11 bits per heavy atom. The van der Waals surface area contributed by atoms with Crippen molar-refractivity contribution in [3.8, 4) is 5.69 Å². The van der Waals surface area contributed by atoms with Crippen molar-refractivity contribution in [2.24, 2.45) is 23.7 Å². The summed E-state index contributed by atoms with van der Waals surface area (Å²) in [5, 5.41) is 46.5. The lowest BCUT2D eigenvalue weighted by atomic mass is 9.79. The van der Waals surface area contributed by atoms with Crippen LogP contribution in [0.5, 0.6) is 0 Å². The molecule has 15 nitrogen and oxygen atoms in total. The molecule has 4 N–H and O–H groups in total. The molecular formula is C42H58N6O9. The number of pyridine rings is 1.